The fourth-order valence-electron chi connectivity index (χ4n) is 4.94. The van der Waals surface area contributed by atoms with Crippen molar-refractivity contribution in [1.82, 2.24) is 9.80 Å². The highest BCUT2D eigenvalue weighted by atomic mass is 16.5. The molecule has 9 heteroatoms. The Labute approximate surface area is 211 Å². The molecule has 1 saturated carbocycles. The fraction of sp³-hybridized carbons (Fsp3) is 0.444. The summed E-state index contributed by atoms with van der Waals surface area (Å²) in [5, 5.41) is 14.8. The molecule has 2 N–H and O–H groups in total. The second-order valence-electron chi connectivity index (χ2n) is 8.92. The normalized spacial score (nSPS) is 20.0. The Morgan fingerprint density at radius 2 is 1.36 bits per heavy atom. The molecule has 9 nitrogen and oxygen atoms in total. The van der Waals surface area contributed by atoms with Crippen LogP contribution >= 0.6 is 0 Å². The van der Waals surface area contributed by atoms with Gasteiger partial charge in [-0.25, -0.2) is 9.59 Å². The van der Waals surface area contributed by atoms with Gasteiger partial charge in [-0.3, -0.25) is 9.69 Å². The number of carboxylic acid groups (broad SMARTS) is 2. The zero-order valence-corrected chi connectivity index (χ0v) is 20.8. The van der Waals surface area contributed by atoms with Gasteiger partial charge in [0.1, 0.15) is 0 Å². The van der Waals surface area contributed by atoms with Crippen LogP contribution in [0.1, 0.15) is 47.5 Å². The standard InChI is InChI=1S/C25H32N2O3.C2H2O4/c1-29-23-13-10-21(18-24(23)30-2)25(28)27-16-14-26(15-17-27)22-11-8-20(9-12-22)19-6-4-3-5-7-19;3-1(4)2(5)6/h3-7,10,13,18,20,22H,8-9,11-12,14-17H2,1-2H3;(H,3,4)(H,5,6). The first-order chi connectivity index (χ1) is 17.3. The number of carboxylic acids is 2. The molecule has 0 spiro atoms. The molecule has 1 amide bonds. The van der Waals surface area contributed by atoms with Crippen molar-refractivity contribution in [3.05, 3.63) is 59.7 Å². The molecular weight excluding hydrogens is 464 g/mol. The molecule has 4 rings (SSSR count). The minimum absolute atomic E-state index is 0.0726. The van der Waals surface area contributed by atoms with Gasteiger partial charge in [-0.2, -0.15) is 0 Å². The largest absolute Gasteiger partial charge is 0.493 e. The van der Waals surface area contributed by atoms with E-state index in [0.29, 0.717) is 29.0 Å². The van der Waals surface area contributed by atoms with Gasteiger partial charge in [-0.05, 0) is 55.4 Å². The number of aliphatic carboxylic acids is 2. The van der Waals surface area contributed by atoms with Crippen molar-refractivity contribution < 1.29 is 34.1 Å². The number of piperazine rings is 1. The highest BCUT2D eigenvalue weighted by Gasteiger charge is 2.30. The summed E-state index contributed by atoms with van der Waals surface area (Å²) in [6.45, 7) is 3.48. The van der Waals surface area contributed by atoms with Gasteiger partial charge in [0, 0.05) is 37.8 Å². The molecule has 1 heterocycles. The van der Waals surface area contributed by atoms with Gasteiger partial charge in [-0.1, -0.05) is 30.3 Å². The maximum atomic E-state index is 13.0. The van der Waals surface area contributed by atoms with E-state index in [1.165, 1.54) is 31.2 Å². The Bertz CT molecular complexity index is 1020. The molecule has 1 aliphatic heterocycles. The van der Waals surface area contributed by atoms with Crippen molar-refractivity contribution in [2.75, 3.05) is 40.4 Å². The van der Waals surface area contributed by atoms with Gasteiger partial charge < -0.3 is 24.6 Å². The summed E-state index contributed by atoms with van der Waals surface area (Å²) >= 11 is 0. The quantitative estimate of drug-likeness (QED) is 0.603. The van der Waals surface area contributed by atoms with Crippen LogP contribution in [0.15, 0.2) is 48.5 Å². The minimum atomic E-state index is -1.82. The van der Waals surface area contributed by atoms with Crippen LogP contribution in [-0.4, -0.2) is 84.3 Å². The summed E-state index contributed by atoms with van der Waals surface area (Å²) in [7, 11) is 3.20. The number of ether oxygens (including phenoxy) is 2. The predicted octanol–water partition coefficient (Wildman–Crippen LogP) is 3.34. The van der Waals surface area contributed by atoms with E-state index in [9.17, 15) is 4.79 Å². The number of hydrogen-bond acceptors (Lipinski definition) is 6. The number of hydrogen-bond donors (Lipinski definition) is 2. The molecule has 1 saturated heterocycles. The van der Waals surface area contributed by atoms with E-state index in [2.05, 4.69) is 35.2 Å². The van der Waals surface area contributed by atoms with Crippen LogP contribution < -0.4 is 9.47 Å². The van der Waals surface area contributed by atoms with Gasteiger partial charge in [0.15, 0.2) is 11.5 Å². The third-order valence-electron chi connectivity index (χ3n) is 6.90. The summed E-state index contributed by atoms with van der Waals surface area (Å²) < 4.78 is 10.6. The van der Waals surface area contributed by atoms with Gasteiger partial charge in [0.25, 0.3) is 5.91 Å². The topological polar surface area (TPSA) is 117 Å². The summed E-state index contributed by atoms with van der Waals surface area (Å²) in [5.74, 6) is -1.63. The average Bonchev–Trinajstić information content (AvgIpc) is 2.93. The Hall–Kier alpha value is -3.59. The number of carbonyl (C=O) groups is 3. The average molecular weight is 499 g/mol. The second kappa shape index (κ2) is 12.9. The number of amides is 1. The smallest absolute Gasteiger partial charge is 0.414 e. The van der Waals surface area contributed by atoms with E-state index in [1.54, 1.807) is 26.4 Å². The Morgan fingerprint density at radius 3 is 1.89 bits per heavy atom. The predicted molar refractivity (Wildman–Crippen MR) is 134 cm³/mol. The molecule has 36 heavy (non-hydrogen) atoms. The first-order valence-corrected chi connectivity index (χ1v) is 12.1. The maximum Gasteiger partial charge on any atom is 0.414 e. The van der Waals surface area contributed by atoms with Crippen molar-refractivity contribution in [2.24, 2.45) is 0 Å². The van der Waals surface area contributed by atoms with Gasteiger partial charge in [-0.15, -0.1) is 0 Å². The second-order valence-corrected chi connectivity index (χ2v) is 8.92. The van der Waals surface area contributed by atoms with Crippen LogP contribution in [0.4, 0.5) is 0 Å². The Balaban J connectivity index is 0.000000538. The van der Waals surface area contributed by atoms with Crippen molar-refractivity contribution in [3.63, 3.8) is 0 Å². The number of carbonyl (C=O) groups excluding carboxylic acids is 1. The molecular formula is C27H34N2O7. The van der Waals surface area contributed by atoms with E-state index >= 15 is 0 Å². The van der Waals surface area contributed by atoms with Crippen molar-refractivity contribution >= 4 is 17.8 Å². The first-order valence-electron chi connectivity index (χ1n) is 12.1. The van der Waals surface area contributed by atoms with Gasteiger partial charge in [0.2, 0.25) is 0 Å². The number of nitrogens with zero attached hydrogens (tertiary/aromatic N) is 2. The van der Waals surface area contributed by atoms with E-state index in [4.69, 9.17) is 29.3 Å². The van der Waals surface area contributed by atoms with E-state index in [1.807, 2.05) is 11.0 Å². The maximum absolute atomic E-state index is 13.0. The highest BCUT2D eigenvalue weighted by Crippen LogP contribution is 2.35. The lowest BCUT2D eigenvalue weighted by Crippen LogP contribution is -2.52. The summed E-state index contributed by atoms with van der Waals surface area (Å²) in [6, 6.07) is 17.0. The zero-order valence-electron chi connectivity index (χ0n) is 20.8. The van der Waals surface area contributed by atoms with Crippen molar-refractivity contribution in [3.8, 4) is 11.5 Å². The van der Waals surface area contributed by atoms with Crippen LogP contribution in [0.3, 0.4) is 0 Å². The zero-order chi connectivity index (χ0) is 26.1. The Morgan fingerprint density at radius 1 is 0.778 bits per heavy atom. The molecule has 0 bridgehead atoms. The molecule has 2 aromatic carbocycles. The SMILES string of the molecule is COc1ccc(C(=O)N2CCN(C3CCC(c4ccccc4)CC3)CC2)cc1OC.O=C(O)C(=O)O. The van der Waals surface area contributed by atoms with E-state index in [-0.39, 0.29) is 5.91 Å². The molecule has 0 unspecified atom stereocenters. The van der Waals surface area contributed by atoms with Gasteiger partial charge in [0.05, 0.1) is 14.2 Å². The lowest BCUT2D eigenvalue weighted by molar-refractivity contribution is -0.159. The molecule has 2 aliphatic rings. The molecule has 0 atom stereocenters. The number of benzene rings is 2. The minimum Gasteiger partial charge on any atom is -0.493 e. The fourth-order valence-corrected chi connectivity index (χ4v) is 4.94. The molecule has 1 aliphatic carbocycles. The lowest BCUT2D eigenvalue weighted by atomic mass is 9.81. The lowest BCUT2D eigenvalue weighted by Gasteiger charge is -2.42. The highest BCUT2D eigenvalue weighted by molar-refractivity contribution is 6.27. The summed E-state index contributed by atoms with van der Waals surface area (Å²) in [4.78, 5) is 35.7. The van der Waals surface area contributed by atoms with Crippen molar-refractivity contribution in [2.45, 2.75) is 37.6 Å². The van der Waals surface area contributed by atoms with Crippen LogP contribution in [0.25, 0.3) is 0 Å². The summed E-state index contributed by atoms with van der Waals surface area (Å²) in [6.07, 6.45) is 5.03. The number of rotatable bonds is 5. The molecule has 0 aromatic heterocycles. The molecule has 2 aromatic rings. The van der Waals surface area contributed by atoms with E-state index < -0.39 is 11.9 Å². The van der Waals surface area contributed by atoms with Crippen molar-refractivity contribution in [1.29, 1.82) is 0 Å². The van der Waals surface area contributed by atoms with Crippen LogP contribution in [0.2, 0.25) is 0 Å². The molecule has 2 fully saturated rings. The van der Waals surface area contributed by atoms with Crippen LogP contribution in [0, 0.1) is 0 Å². The Kier molecular flexibility index (Phi) is 9.69. The molecule has 0 radical (unpaired) electrons. The number of methoxy groups -OCH3 is 2. The molecule has 194 valence electrons. The third-order valence-corrected chi connectivity index (χ3v) is 6.90. The van der Waals surface area contributed by atoms with Crippen LogP contribution in [-0.2, 0) is 9.59 Å². The van der Waals surface area contributed by atoms with Crippen LogP contribution in [0.5, 0.6) is 11.5 Å². The first kappa shape index (κ1) is 27.0. The van der Waals surface area contributed by atoms with E-state index in [0.717, 1.165) is 26.2 Å². The third kappa shape index (κ3) is 6.97. The van der Waals surface area contributed by atoms with Gasteiger partial charge >= 0.3 is 11.9 Å². The summed E-state index contributed by atoms with van der Waals surface area (Å²) in [5.41, 5.74) is 2.14. The monoisotopic (exact) mass is 498 g/mol.